The molecule has 0 radical (unpaired) electrons. The number of amides is 1. The molecule has 1 aromatic heterocycles. The predicted octanol–water partition coefficient (Wildman–Crippen LogP) is 2.80. The first-order valence-corrected chi connectivity index (χ1v) is 8.73. The average molecular weight is 439 g/mol. The molecule has 166 valence electrons. The van der Waals surface area contributed by atoms with Gasteiger partial charge in [-0.2, -0.15) is 23.4 Å². The van der Waals surface area contributed by atoms with Gasteiger partial charge in [0.1, 0.15) is 11.8 Å². The smallest absolute Gasteiger partial charge is 0.490 e. The van der Waals surface area contributed by atoms with Crippen LogP contribution in [-0.2, 0) is 4.79 Å². The number of hydrazine groups is 1. The predicted molar refractivity (Wildman–Crippen MR) is 103 cm³/mol. The van der Waals surface area contributed by atoms with Crippen LogP contribution in [0.5, 0.6) is 5.75 Å². The van der Waals surface area contributed by atoms with Crippen LogP contribution < -0.4 is 15.2 Å². The van der Waals surface area contributed by atoms with Crippen LogP contribution in [0, 0.1) is 17.2 Å². The summed E-state index contributed by atoms with van der Waals surface area (Å²) < 4.78 is 36.9. The highest BCUT2D eigenvalue weighted by molar-refractivity contribution is 5.95. The molecule has 0 atom stereocenters. The lowest BCUT2D eigenvalue weighted by atomic mass is 10.2. The Morgan fingerprint density at radius 3 is 2.48 bits per heavy atom. The lowest BCUT2D eigenvalue weighted by Gasteiger charge is -2.26. The first-order valence-electron chi connectivity index (χ1n) is 8.73. The number of carboxylic acids is 1. The molecule has 0 fully saturated rings. The summed E-state index contributed by atoms with van der Waals surface area (Å²) in [5.74, 6) is -1.65. The number of carboxylic acid groups (broad SMARTS) is 1. The molecule has 0 spiro atoms. The Hall–Kier alpha value is -3.88. The second-order valence-electron chi connectivity index (χ2n) is 6.33. The number of benzene rings is 1. The van der Waals surface area contributed by atoms with E-state index in [9.17, 15) is 18.0 Å². The Kier molecular flexibility index (Phi) is 9.20. The Morgan fingerprint density at radius 2 is 1.97 bits per heavy atom. The second kappa shape index (κ2) is 11.3. The fourth-order valence-electron chi connectivity index (χ4n) is 2.07. The van der Waals surface area contributed by atoms with E-state index in [1.807, 2.05) is 19.9 Å². The zero-order valence-electron chi connectivity index (χ0n) is 16.8. The summed E-state index contributed by atoms with van der Waals surface area (Å²) in [6, 6.07) is 10.4. The van der Waals surface area contributed by atoms with Gasteiger partial charge in [0.25, 0.3) is 5.91 Å². The number of rotatable bonds is 6. The van der Waals surface area contributed by atoms with Gasteiger partial charge in [0, 0.05) is 24.4 Å². The minimum absolute atomic E-state index is 0.0527. The number of hydrogen-bond donors (Lipinski definition) is 2. The number of carbonyl (C=O) groups is 2. The Morgan fingerprint density at radius 1 is 1.32 bits per heavy atom. The molecule has 0 saturated heterocycles. The zero-order valence-corrected chi connectivity index (χ0v) is 16.8. The van der Waals surface area contributed by atoms with Gasteiger partial charge in [-0.3, -0.25) is 15.2 Å². The zero-order chi connectivity index (χ0) is 23.6. The molecule has 2 aromatic rings. The molecular weight excluding hydrogens is 419 g/mol. The molecule has 1 amide bonds. The Labute approximate surface area is 176 Å². The first kappa shape index (κ1) is 25.2. The van der Waals surface area contributed by atoms with Crippen molar-refractivity contribution >= 4 is 17.7 Å². The number of alkyl halides is 3. The normalized spacial score (nSPS) is 10.4. The summed E-state index contributed by atoms with van der Waals surface area (Å²) >= 11 is 0. The van der Waals surface area contributed by atoms with Gasteiger partial charge < -0.3 is 9.84 Å². The average Bonchev–Trinajstić information content (AvgIpc) is 2.72. The summed E-state index contributed by atoms with van der Waals surface area (Å²) in [6.07, 6.45) is -3.59. The van der Waals surface area contributed by atoms with E-state index in [4.69, 9.17) is 19.9 Å². The van der Waals surface area contributed by atoms with Crippen LogP contribution in [0.15, 0.2) is 36.5 Å². The number of nitrogens with one attached hydrogen (secondary N) is 1. The number of ether oxygens (including phenoxy) is 1. The number of halogens is 3. The molecular formula is C19H20F3N5O4. The van der Waals surface area contributed by atoms with E-state index in [1.165, 1.54) is 6.20 Å². The van der Waals surface area contributed by atoms with Gasteiger partial charge in [-0.05, 0) is 24.1 Å². The van der Waals surface area contributed by atoms with Crippen LogP contribution in [-0.4, -0.2) is 46.8 Å². The van der Waals surface area contributed by atoms with Gasteiger partial charge in [-0.1, -0.05) is 19.9 Å². The molecule has 1 heterocycles. The molecule has 0 bridgehead atoms. The maximum absolute atomic E-state index is 12.5. The number of nitrogens with zero attached hydrogens (tertiary/aromatic N) is 4. The van der Waals surface area contributed by atoms with Gasteiger partial charge in [0.15, 0.2) is 5.82 Å². The van der Waals surface area contributed by atoms with Gasteiger partial charge in [0.2, 0.25) is 5.82 Å². The third-order valence-corrected chi connectivity index (χ3v) is 3.38. The van der Waals surface area contributed by atoms with Gasteiger partial charge in [0.05, 0.1) is 7.11 Å². The van der Waals surface area contributed by atoms with Crippen LogP contribution in [0.2, 0.25) is 0 Å². The van der Waals surface area contributed by atoms with Crippen molar-refractivity contribution in [3.63, 3.8) is 0 Å². The topological polar surface area (TPSA) is 128 Å². The number of methoxy groups -OCH3 is 1. The van der Waals surface area contributed by atoms with Crippen molar-refractivity contribution in [2.24, 2.45) is 5.92 Å². The minimum Gasteiger partial charge on any atom is -0.497 e. The summed E-state index contributed by atoms with van der Waals surface area (Å²) in [6.45, 7) is 4.59. The molecule has 2 N–H and O–H groups in total. The standard InChI is InChI=1S/C17H19N5O2.C2HF3O2/c1-12(2)11-22(16-7-8-19-15(10-18)20-16)21-17(23)13-5-4-6-14(9-13)24-3;3-2(4,5)1(6)7/h4-9,12H,11H2,1-3H3,(H,21,23);(H,6,7). The van der Waals surface area contributed by atoms with Crippen LogP contribution in [0.4, 0.5) is 19.0 Å². The molecule has 0 aliphatic carbocycles. The molecule has 9 nitrogen and oxygen atoms in total. The number of nitriles is 1. The lowest BCUT2D eigenvalue weighted by Crippen LogP contribution is -2.45. The highest BCUT2D eigenvalue weighted by Gasteiger charge is 2.38. The number of aromatic nitrogens is 2. The maximum Gasteiger partial charge on any atom is 0.490 e. The second-order valence-corrected chi connectivity index (χ2v) is 6.33. The van der Waals surface area contributed by atoms with Crippen molar-refractivity contribution < 1.29 is 32.6 Å². The number of hydrogen-bond acceptors (Lipinski definition) is 7. The van der Waals surface area contributed by atoms with Crippen LogP contribution in [0.1, 0.15) is 30.0 Å². The molecule has 0 aliphatic heterocycles. The van der Waals surface area contributed by atoms with Crippen molar-refractivity contribution in [1.82, 2.24) is 15.4 Å². The first-order chi connectivity index (χ1) is 14.5. The Balaban J connectivity index is 0.000000592. The monoisotopic (exact) mass is 439 g/mol. The third-order valence-electron chi connectivity index (χ3n) is 3.38. The maximum atomic E-state index is 12.5. The fraction of sp³-hybridized carbons (Fsp3) is 0.316. The lowest BCUT2D eigenvalue weighted by molar-refractivity contribution is -0.192. The van der Waals surface area contributed by atoms with Crippen LogP contribution in [0.25, 0.3) is 0 Å². The van der Waals surface area contributed by atoms with E-state index in [2.05, 4.69) is 15.4 Å². The number of anilines is 1. The quantitative estimate of drug-likeness (QED) is 0.658. The van der Waals surface area contributed by atoms with Crippen molar-refractivity contribution in [2.45, 2.75) is 20.0 Å². The molecule has 0 aliphatic rings. The summed E-state index contributed by atoms with van der Waals surface area (Å²) in [4.78, 5) is 29.4. The molecule has 12 heteroatoms. The summed E-state index contributed by atoms with van der Waals surface area (Å²) in [5, 5.41) is 17.7. The van der Waals surface area contributed by atoms with Gasteiger partial charge >= 0.3 is 12.1 Å². The minimum atomic E-state index is -5.08. The van der Waals surface area contributed by atoms with Crippen molar-refractivity contribution in [3.8, 4) is 11.8 Å². The van der Waals surface area contributed by atoms with E-state index in [0.29, 0.717) is 23.7 Å². The van der Waals surface area contributed by atoms with E-state index < -0.39 is 12.1 Å². The van der Waals surface area contributed by atoms with Crippen LogP contribution >= 0.6 is 0 Å². The summed E-state index contributed by atoms with van der Waals surface area (Å²) in [7, 11) is 1.55. The van der Waals surface area contributed by atoms with E-state index in [0.717, 1.165) is 0 Å². The van der Waals surface area contributed by atoms with Gasteiger partial charge in [-0.25, -0.2) is 9.78 Å². The highest BCUT2D eigenvalue weighted by atomic mass is 19.4. The van der Waals surface area contributed by atoms with Crippen molar-refractivity contribution in [1.29, 1.82) is 5.26 Å². The molecule has 31 heavy (non-hydrogen) atoms. The fourth-order valence-corrected chi connectivity index (χ4v) is 2.07. The Bertz CT molecular complexity index is 945. The highest BCUT2D eigenvalue weighted by Crippen LogP contribution is 2.15. The largest absolute Gasteiger partial charge is 0.497 e. The summed E-state index contributed by atoms with van der Waals surface area (Å²) in [5.41, 5.74) is 3.29. The number of carbonyl (C=O) groups excluding carboxylic acids is 1. The van der Waals surface area contributed by atoms with Crippen molar-refractivity contribution in [3.05, 3.63) is 47.9 Å². The molecule has 2 rings (SSSR count). The van der Waals surface area contributed by atoms with E-state index in [-0.39, 0.29) is 17.6 Å². The molecule has 0 saturated carbocycles. The van der Waals surface area contributed by atoms with E-state index in [1.54, 1.807) is 42.5 Å². The van der Waals surface area contributed by atoms with Crippen molar-refractivity contribution in [2.75, 3.05) is 18.7 Å². The van der Waals surface area contributed by atoms with Gasteiger partial charge in [-0.15, -0.1) is 0 Å². The van der Waals surface area contributed by atoms with Crippen LogP contribution in [0.3, 0.4) is 0 Å². The third kappa shape index (κ3) is 8.57. The molecule has 0 unspecified atom stereocenters. The number of aliphatic carboxylic acids is 1. The SMILES string of the molecule is COc1cccc(C(=O)NN(CC(C)C)c2ccnc(C#N)n2)c1.O=C(O)C(F)(F)F. The van der Waals surface area contributed by atoms with E-state index >= 15 is 0 Å². The molecule has 1 aromatic carbocycles.